The Hall–Kier alpha value is -2.93. The van der Waals surface area contributed by atoms with Gasteiger partial charge in [0.1, 0.15) is 11.8 Å². The normalized spacial score (nSPS) is 23.4. The van der Waals surface area contributed by atoms with E-state index in [9.17, 15) is 24.6 Å². The van der Waals surface area contributed by atoms with E-state index in [1.165, 1.54) is 0 Å². The van der Waals surface area contributed by atoms with Crippen LogP contribution in [0.15, 0.2) is 48.6 Å². The summed E-state index contributed by atoms with van der Waals surface area (Å²) in [6, 6.07) is 5.37. The number of aryl methyl sites for hydroxylation is 1. The van der Waals surface area contributed by atoms with E-state index < -0.39 is 17.4 Å². The van der Waals surface area contributed by atoms with Crippen molar-refractivity contribution in [1.82, 2.24) is 10.6 Å². The first-order valence-electron chi connectivity index (χ1n) is 10.8. The highest BCUT2D eigenvalue weighted by Gasteiger charge is 2.43. The van der Waals surface area contributed by atoms with Crippen molar-refractivity contribution >= 4 is 17.7 Å². The summed E-state index contributed by atoms with van der Waals surface area (Å²) in [7, 11) is 0. The molecule has 1 aromatic rings. The van der Waals surface area contributed by atoms with Crippen molar-refractivity contribution in [2.45, 2.75) is 57.0 Å². The van der Waals surface area contributed by atoms with Gasteiger partial charge in [0, 0.05) is 6.42 Å². The predicted octanol–water partition coefficient (Wildman–Crippen LogP) is 2.50. The molecule has 1 fully saturated rings. The molecular weight excluding hydrogens is 396 g/mol. The first kappa shape index (κ1) is 22.7. The Balaban J connectivity index is 1.60. The maximum Gasteiger partial charge on any atom is 0.326 e. The van der Waals surface area contributed by atoms with Crippen LogP contribution in [0.3, 0.4) is 0 Å². The first-order chi connectivity index (χ1) is 14.9. The minimum Gasteiger partial charge on any atom is -0.508 e. The van der Waals surface area contributed by atoms with Gasteiger partial charge in [-0.15, -0.1) is 0 Å². The van der Waals surface area contributed by atoms with Crippen molar-refractivity contribution in [3.8, 4) is 5.75 Å². The van der Waals surface area contributed by atoms with Crippen molar-refractivity contribution in [2.75, 3.05) is 6.54 Å². The summed E-state index contributed by atoms with van der Waals surface area (Å²) in [5.41, 5.74) is 0.0622. The SMILES string of the molecule is O=C(CCCc1ccc(O)cc1)N[C@H](CC1(C(=O)[C@@H]2CCCN2)C=CC=CC1)C(=O)O. The molecule has 0 aromatic heterocycles. The lowest BCUT2D eigenvalue weighted by molar-refractivity contribution is -0.143. The highest BCUT2D eigenvalue weighted by Crippen LogP contribution is 2.37. The number of phenolic OH excluding ortho intramolecular Hbond substituents is 1. The number of allylic oxidation sites excluding steroid dienone is 4. The largest absolute Gasteiger partial charge is 0.508 e. The second kappa shape index (κ2) is 10.4. The van der Waals surface area contributed by atoms with Gasteiger partial charge in [-0.2, -0.15) is 0 Å². The topological polar surface area (TPSA) is 116 Å². The molecular formula is C24H30N2O5. The summed E-state index contributed by atoms with van der Waals surface area (Å²) in [5.74, 6) is -1.29. The molecule has 3 atom stereocenters. The van der Waals surface area contributed by atoms with Gasteiger partial charge in [0.15, 0.2) is 5.78 Å². The fourth-order valence-corrected chi connectivity index (χ4v) is 4.30. The number of aliphatic carboxylic acids is 1. The van der Waals surface area contributed by atoms with Gasteiger partial charge in [-0.25, -0.2) is 4.79 Å². The van der Waals surface area contributed by atoms with Crippen LogP contribution < -0.4 is 10.6 Å². The lowest BCUT2D eigenvalue weighted by atomic mass is 9.70. The van der Waals surface area contributed by atoms with Crippen LogP contribution in [0.25, 0.3) is 0 Å². The number of carbonyl (C=O) groups is 3. The van der Waals surface area contributed by atoms with E-state index in [4.69, 9.17) is 0 Å². The number of amides is 1. The predicted molar refractivity (Wildman–Crippen MR) is 117 cm³/mol. The molecule has 7 heteroatoms. The maximum atomic E-state index is 13.2. The average Bonchev–Trinajstić information content (AvgIpc) is 3.29. The molecule has 1 saturated heterocycles. The number of nitrogens with one attached hydrogen (secondary N) is 2. The van der Waals surface area contributed by atoms with Crippen LogP contribution in [-0.2, 0) is 20.8 Å². The molecule has 4 N–H and O–H groups in total. The van der Waals surface area contributed by atoms with E-state index in [0.717, 1.165) is 24.9 Å². The number of aromatic hydroxyl groups is 1. The van der Waals surface area contributed by atoms with E-state index in [-0.39, 0.29) is 36.3 Å². The van der Waals surface area contributed by atoms with Gasteiger partial charge in [0.2, 0.25) is 5.91 Å². The zero-order chi connectivity index (χ0) is 22.3. The number of phenols is 1. The quantitative estimate of drug-likeness (QED) is 0.457. The number of carboxylic acid groups (broad SMARTS) is 1. The lowest BCUT2D eigenvalue weighted by Crippen LogP contribution is -2.49. The molecule has 1 aliphatic heterocycles. The summed E-state index contributed by atoms with van der Waals surface area (Å²) in [4.78, 5) is 37.6. The van der Waals surface area contributed by atoms with Crippen LogP contribution in [0, 0.1) is 5.41 Å². The van der Waals surface area contributed by atoms with Crippen molar-refractivity contribution < 1.29 is 24.6 Å². The van der Waals surface area contributed by atoms with Crippen molar-refractivity contribution in [1.29, 1.82) is 0 Å². The minimum atomic E-state index is -1.14. The van der Waals surface area contributed by atoms with Gasteiger partial charge < -0.3 is 20.8 Å². The molecule has 0 bridgehead atoms. The van der Waals surface area contributed by atoms with Crippen LogP contribution in [0.2, 0.25) is 0 Å². The van der Waals surface area contributed by atoms with E-state index in [1.807, 2.05) is 12.2 Å². The fraction of sp³-hybridized carbons (Fsp3) is 0.458. The molecule has 166 valence electrons. The molecule has 1 amide bonds. The second-order valence-corrected chi connectivity index (χ2v) is 8.34. The fourth-order valence-electron chi connectivity index (χ4n) is 4.30. The number of hydrogen-bond acceptors (Lipinski definition) is 5. The van der Waals surface area contributed by atoms with Gasteiger partial charge in [-0.1, -0.05) is 36.4 Å². The number of benzene rings is 1. The zero-order valence-corrected chi connectivity index (χ0v) is 17.5. The number of rotatable bonds is 10. The van der Waals surface area contributed by atoms with Crippen LogP contribution in [0.1, 0.15) is 44.1 Å². The Morgan fingerprint density at radius 2 is 1.97 bits per heavy atom. The van der Waals surface area contributed by atoms with Crippen molar-refractivity contribution in [3.63, 3.8) is 0 Å². The van der Waals surface area contributed by atoms with Gasteiger partial charge in [-0.05, 0) is 62.8 Å². The smallest absolute Gasteiger partial charge is 0.326 e. The molecule has 3 rings (SSSR count). The Kier molecular flexibility index (Phi) is 7.63. The number of ketones is 1. The van der Waals surface area contributed by atoms with Crippen LogP contribution in [0.4, 0.5) is 0 Å². The summed E-state index contributed by atoms with van der Waals surface area (Å²) in [6.45, 7) is 0.784. The third-order valence-corrected chi connectivity index (χ3v) is 6.02. The van der Waals surface area contributed by atoms with Gasteiger partial charge in [-0.3, -0.25) is 9.59 Å². The Bertz CT molecular complexity index is 855. The molecule has 1 aliphatic carbocycles. The Morgan fingerprint density at radius 1 is 1.19 bits per heavy atom. The van der Waals surface area contributed by atoms with Crippen molar-refractivity contribution in [2.24, 2.45) is 5.41 Å². The summed E-state index contributed by atoms with van der Waals surface area (Å²) >= 11 is 0. The summed E-state index contributed by atoms with van der Waals surface area (Å²) in [6.07, 6.45) is 10.8. The van der Waals surface area contributed by atoms with E-state index in [0.29, 0.717) is 19.3 Å². The molecule has 1 heterocycles. The highest BCUT2D eigenvalue weighted by molar-refractivity contribution is 5.93. The summed E-state index contributed by atoms with van der Waals surface area (Å²) < 4.78 is 0. The maximum absolute atomic E-state index is 13.2. The first-order valence-corrected chi connectivity index (χ1v) is 10.8. The highest BCUT2D eigenvalue weighted by atomic mass is 16.4. The molecule has 1 aromatic carbocycles. The molecule has 0 spiro atoms. The van der Waals surface area contributed by atoms with Gasteiger partial charge in [0.25, 0.3) is 0 Å². The van der Waals surface area contributed by atoms with Crippen molar-refractivity contribution in [3.05, 3.63) is 54.1 Å². The van der Waals surface area contributed by atoms with Crippen LogP contribution in [0.5, 0.6) is 5.75 Å². The number of hydrogen-bond donors (Lipinski definition) is 4. The van der Waals surface area contributed by atoms with E-state index in [2.05, 4.69) is 10.6 Å². The van der Waals surface area contributed by atoms with Gasteiger partial charge >= 0.3 is 5.97 Å². The third kappa shape index (κ3) is 6.04. The molecule has 1 unspecified atom stereocenters. The number of carbonyl (C=O) groups excluding carboxylic acids is 2. The lowest BCUT2D eigenvalue weighted by Gasteiger charge is -2.34. The molecule has 0 saturated carbocycles. The standard InChI is InChI=1S/C24H30N2O5/c27-18-11-9-17(10-12-18)6-4-8-21(28)26-20(23(30)31)16-24(13-2-1-3-14-24)22(29)19-7-5-15-25-19/h1-3,9-13,19-20,25,27H,4-8,14-16H2,(H,26,28)(H,30,31)/t19-,20+,24?/m0/s1. The zero-order valence-electron chi connectivity index (χ0n) is 17.5. The van der Waals surface area contributed by atoms with E-state index in [1.54, 1.807) is 36.4 Å². The van der Waals surface area contributed by atoms with Gasteiger partial charge in [0.05, 0.1) is 11.5 Å². The number of carboxylic acids is 1. The molecule has 31 heavy (non-hydrogen) atoms. The number of Topliss-reactive ketones (excluding diaryl/α,β-unsaturated/α-hetero) is 1. The Morgan fingerprint density at radius 3 is 2.58 bits per heavy atom. The minimum absolute atomic E-state index is 0.00145. The van der Waals surface area contributed by atoms with Crippen LogP contribution >= 0.6 is 0 Å². The van der Waals surface area contributed by atoms with E-state index >= 15 is 0 Å². The average molecular weight is 427 g/mol. The summed E-state index contributed by atoms with van der Waals surface area (Å²) in [5, 5.41) is 24.9. The third-order valence-electron chi connectivity index (χ3n) is 6.02. The monoisotopic (exact) mass is 426 g/mol. The second-order valence-electron chi connectivity index (χ2n) is 8.34. The van der Waals surface area contributed by atoms with Crippen LogP contribution in [-0.4, -0.2) is 46.5 Å². The Labute approximate surface area is 182 Å². The molecule has 0 radical (unpaired) electrons. The molecule has 2 aliphatic rings. The molecule has 7 nitrogen and oxygen atoms in total.